The smallest absolute Gasteiger partial charge is 0.118 e. The van der Waals surface area contributed by atoms with Crippen molar-refractivity contribution in [2.45, 2.75) is 25.8 Å². The Morgan fingerprint density at radius 3 is 2.30 bits per heavy atom. The molecule has 0 aliphatic heterocycles. The van der Waals surface area contributed by atoms with Gasteiger partial charge in [-0.2, -0.15) is 0 Å². The number of benzene rings is 2. The van der Waals surface area contributed by atoms with Gasteiger partial charge in [0.1, 0.15) is 5.75 Å². The first-order chi connectivity index (χ1) is 9.67. The van der Waals surface area contributed by atoms with E-state index >= 15 is 0 Å². The van der Waals surface area contributed by atoms with Gasteiger partial charge in [0.15, 0.2) is 0 Å². The molecule has 0 radical (unpaired) electrons. The molecule has 0 saturated heterocycles. The molecule has 0 fully saturated rings. The molecule has 3 heteroatoms. The Labute approximate surface area is 134 Å². The van der Waals surface area contributed by atoms with Crippen molar-refractivity contribution in [1.29, 1.82) is 0 Å². The van der Waals surface area contributed by atoms with Crippen molar-refractivity contribution in [3.8, 4) is 5.75 Å². The van der Waals surface area contributed by atoms with Gasteiger partial charge >= 0.3 is 0 Å². The maximum absolute atomic E-state index is 5.17. The minimum absolute atomic E-state index is 0.456. The van der Waals surface area contributed by atoms with E-state index in [1.807, 2.05) is 12.1 Å². The van der Waals surface area contributed by atoms with E-state index in [1.54, 1.807) is 7.11 Å². The van der Waals surface area contributed by atoms with Crippen LogP contribution in [0.15, 0.2) is 48.5 Å². The largest absolute Gasteiger partial charge is 0.497 e. The fraction of sp³-hybridized carbons (Fsp3) is 0.294. The third-order valence-corrected chi connectivity index (χ3v) is 4.00. The van der Waals surface area contributed by atoms with Gasteiger partial charge in [0.25, 0.3) is 0 Å². The van der Waals surface area contributed by atoms with Crippen LogP contribution in [-0.4, -0.2) is 13.2 Å². The van der Waals surface area contributed by atoms with Crippen LogP contribution in [-0.2, 0) is 6.42 Å². The number of hydrogen-bond donors (Lipinski definition) is 1. The minimum atomic E-state index is 0.456. The van der Waals surface area contributed by atoms with E-state index in [1.165, 1.54) is 14.8 Å². The number of nitrogens with one attached hydrogen (secondary N) is 1. The molecule has 0 aromatic heterocycles. The Kier molecular flexibility index (Phi) is 5.71. The fourth-order valence-electron chi connectivity index (χ4n) is 2.08. The molecule has 106 valence electrons. The van der Waals surface area contributed by atoms with Crippen molar-refractivity contribution >= 4 is 28.3 Å². The maximum Gasteiger partial charge on any atom is 0.118 e. The highest BCUT2D eigenvalue weighted by Crippen LogP contribution is 2.16. The summed E-state index contributed by atoms with van der Waals surface area (Å²) >= 11 is 2.32. The molecule has 1 N–H and O–H groups in total. The van der Waals surface area contributed by atoms with Gasteiger partial charge in [-0.25, -0.2) is 0 Å². The lowest BCUT2D eigenvalue weighted by Gasteiger charge is -2.15. The van der Waals surface area contributed by atoms with E-state index in [9.17, 15) is 0 Å². The standard InChI is InChI=1S/C17H20INO/c1-13(19-16-9-7-15(18)8-10-16)3-4-14-5-11-17(20-2)12-6-14/h5-13,19H,3-4H2,1-2H3. The quantitative estimate of drug-likeness (QED) is 0.731. The summed E-state index contributed by atoms with van der Waals surface area (Å²) in [7, 11) is 1.70. The molecule has 0 aliphatic carbocycles. The SMILES string of the molecule is COc1ccc(CCC(C)Nc2ccc(I)cc2)cc1. The van der Waals surface area contributed by atoms with Crippen molar-refractivity contribution in [2.24, 2.45) is 0 Å². The number of ether oxygens (including phenoxy) is 1. The molecular weight excluding hydrogens is 361 g/mol. The zero-order chi connectivity index (χ0) is 14.4. The van der Waals surface area contributed by atoms with Crippen LogP contribution < -0.4 is 10.1 Å². The second kappa shape index (κ2) is 7.53. The van der Waals surface area contributed by atoms with Gasteiger partial charge in [-0.1, -0.05) is 12.1 Å². The van der Waals surface area contributed by atoms with Gasteiger partial charge < -0.3 is 10.1 Å². The zero-order valence-electron chi connectivity index (χ0n) is 11.9. The number of anilines is 1. The molecule has 2 nitrogen and oxygen atoms in total. The predicted molar refractivity (Wildman–Crippen MR) is 93.6 cm³/mol. The Morgan fingerprint density at radius 1 is 1.05 bits per heavy atom. The first-order valence-electron chi connectivity index (χ1n) is 6.82. The first kappa shape index (κ1) is 15.2. The van der Waals surface area contributed by atoms with Crippen LogP contribution in [0.2, 0.25) is 0 Å². The van der Waals surface area contributed by atoms with E-state index in [4.69, 9.17) is 4.74 Å². The van der Waals surface area contributed by atoms with Gasteiger partial charge in [0.2, 0.25) is 0 Å². The highest BCUT2D eigenvalue weighted by atomic mass is 127. The summed E-state index contributed by atoms with van der Waals surface area (Å²) in [5.41, 5.74) is 2.54. The lowest BCUT2D eigenvalue weighted by Crippen LogP contribution is -2.15. The van der Waals surface area contributed by atoms with Crippen LogP contribution in [0.25, 0.3) is 0 Å². The van der Waals surface area contributed by atoms with Gasteiger partial charge in [-0.15, -0.1) is 0 Å². The monoisotopic (exact) mass is 381 g/mol. The number of hydrogen-bond acceptors (Lipinski definition) is 2. The third-order valence-electron chi connectivity index (χ3n) is 3.28. The van der Waals surface area contributed by atoms with E-state index in [2.05, 4.69) is 71.2 Å². The number of rotatable bonds is 6. The van der Waals surface area contributed by atoms with Crippen LogP contribution in [0.1, 0.15) is 18.9 Å². The van der Waals surface area contributed by atoms with E-state index in [-0.39, 0.29) is 0 Å². The summed E-state index contributed by atoms with van der Waals surface area (Å²) < 4.78 is 6.43. The molecule has 2 rings (SSSR count). The number of aryl methyl sites for hydroxylation is 1. The second-order valence-corrected chi connectivity index (χ2v) is 6.18. The van der Waals surface area contributed by atoms with Crippen molar-refractivity contribution < 1.29 is 4.74 Å². The molecule has 2 aromatic carbocycles. The van der Waals surface area contributed by atoms with Crippen molar-refractivity contribution in [3.63, 3.8) is 0 Å². The van der Waals surface area contributed by atoms with Crippen LogP contribution in [0, 0.1) is 3.57 Å². The zero-order valence-corrected chi connectivity index (χ0v) is 14.1. The molecule has 20 heavy (non-hydrogen) atoms. The Balaban J connectivity index is 1.82. The Bertz CT molecular complexity index is 522. The van der Waals surface area contributed by atoms with E-state index in [0.717, 1.165) is 18.6 Å². The average molecular weight is 381 g/mol. The molecule has 1 atom stereocenters. The predicted octanol–water partition coefficient (Wildman–Crippen LogP) is 4.73. The van der Waals surface area contributed by atoms with Crippen molar-refractivity contribution in [3.05, 3.63) is 57.7 Å². The highest BCUT2D eigenvalue weighted by molar-refractivity contribution is 14.1. The van der Waals surface area contributed by atoms with Crippen molar-refractivity contribution in [2.75, 3.05) is 12.4 Å². The maximum atomic E-state index is 5.17. The lowest BCUT2D eigenvalue weighted by atomic mass is 10.1. The number of methoxy groups -OCH3 is 1. The highest BCUT2D eigenvalue weighted by Gasteiger charge is 2.03. The minimum Gasteiger partial charge on any atom is -0.497 e. The Morgan fingerprint density at radius 2 is 1.70 bits per heavy atom. The van der Waals surface area contributed by atoms with Gasteiger partial charge in [0.05, 0.1) is 7.11 Å². The number of halogens is 1. The molecule has 0 amide bonds. The summed E-state index contributed by atoms with van der Waals surface area (Å²) in [6.07, 6.45) is 2.18. The van der Waals surface area contributed by atoms with Gasteiger partial charge in [0, 0.05) is 15.3 Å². The van der Waals surface area contributed by atoms with E-state index < -0.39 is 0 Å². The molecule has 1 unspecified atom stereocenters. The fourth-order valence-corrected chi connectivity index (χ4v) is 2.44. The molecule has 0 aliphatic rings. The summed E-state index contributed by atoms with van der Waals surface area (Å²) in [5.74, 6) is 0.916. The summed E-state index contributed by atoms with van der Waals surface area (Å²) in [6, 6.07) is 17.3. The van der Waals surface area contributed by atoms with Crippen LogP contribution in [0.5, 0.6) is 5.75 Å². The van der Waals surface area contributed by atoms with Crippen molar-refractivity contribution in [1.82, 2.24) is 0 Å². The van der Waals surface area contributed by atoms with Gasteiger partial charge in [-0.05, 0) is 84.3 Å². The summed E-state index contributed by atoms with van der Waals surface area (Å²) in [4.78, 5) is 0. The van der Waals surface area contributed by atoms with Crippen LogP contribution >= 0.6 is 22.6 Å². The van der Waals surface area contributed by atoms with E-state index in [0.29, 0.717) is 6.04 Å². The lowest BCUT2D eigenvalue weighted by molar-refractivity contribution is 0.414. The molecular formula is C17H20INO. The molecule has 0 bridgehead atoms. The van der Waals surface area contributed by atoms with Crippen LogP contribution in [0.4, 0.5) is 5.69 Å². The summed E-state index contributed by atoms with van der Waals surface area (Å²) in [5, 5.41) is 3.53. The molecule has 2 aromatic rings. The average Bonchev–Trinajstić information content (AvgIpc) is 2.48. The molecule has 0 spiro atoms. The summed E-state index contributed by atoms with van der Waals surface area (Å²) in [6.45, 7) is 2.22. The van der Waals surface area contributed by atoms with Crippen LogP contribution in [0.3, 0.4) is 0 Å². The first-order valence-corrected chi connectivity index (χ1v) is 7.90. The molecule has 0 heterocycles. The Hall–Kier alpha value is -1.23. The topological polar surface area (TPSA) is 21.3 Å². The third kappa shape index (κ3) is 4.71. The normalized spacial score (nSPS) is 11.9. The second-order valence-electron chi connectivity index (χ2n) is 4.94. The van der Waals surface area contributed by atoms with Gasteiger partial charge in [-0.3, -0.25) is 0 Å². The molecule has 0 saturated carbocycles.